The van der Waals surface area contributed by atoms with Gasteiger partial charge in [0.2, 0.25) is 0 Å². The van der Waals surface area contributed by atoms with Crippen LogP contribution in [0.15, 0.2) is 66.7 Å². The van der Waals surface area contributed by atoms with Crippen molar-refractivity contribution in [1.29, 1.82) is 0 Å². The number of rotatable bonds is 5. The van der Waals surface area contributed by atoms with Crippen molar-refractivity contribution in [3.05, 3.63) is 77.9 Å². The van der Waals surface area contributed by atoms with Gasteiger partial charge in [-0.1, -0.05) is 79.6 Å². The molecule has 0 unspecified atom stereocenters. The van der Waals surface area contributed by atoms with Crippen molar-refractivity contribution in [2.24, 2.45) is 11.7 Å². The Balaban J connectivity index is 1.79. The van der Waals surface area contributed by atoms with E-state index in [0.717, 1.165) is 12.3 Å². The van der Waals surface area contributed by atoms with Crippen molar-refractivity contribution in [3.63, 3.8) is 0 Å². The van der Waals surface area contributed by atoms with Gasteiger partial charge >= 0.3 is 0 Å². The van der Waals surface area contributed by atoms with Gasteiger partial charge in [0, 0.05) is 23.1 Å². The topological polar surface area (TPSA) is 26.0 Å². The molecule has 0 amide bonds. The molecular weight excluding hydrogens is 354 g/mol. The number of hydrogen-bond acceptors (Lipinski definition) is 3. The second-order valence-electron chi connectivity index (χ2n) is 7.24. The van der Waals surface area contributed by atoms with E-state index in [4.69, 9.17) is 5.73 Å². The van der Waals surface area contributed by atoms with E-state index < -0.39 is 0 Å². The number of nitrogens with two attached hydrogens (primary N) is 1. The van der Waals surface area contributed by atoms with E-state index in [-0.39, 0.29) is 4.08 Å². The summed E-state index contributed by atoms with van der Waals surface area (Å²) < 4.78 is 0.262. The molecule has 3 heteroatoms. The molecule has 1 aliphatic carbocycles. The van der Waals surface area contributed by atoms with Crippen molar-refractivity contribution >= 4 is 28.4 Å². The largest absolute Gasteiger partial charge is 0.330 e. The van der Waals surface area contributed by atoms with Crippen LogP contribution in [0, 0.1) is 5.92 Å². The van der Waals surface area contributed by atoms with Crippen LogP contribution in [-0.4, -0.2) is 16.4 Å². The summed E-state index contributed by atoms with van der Waals surface area (Å²) in [6.45, 7) is 0.764. The lowest BCUT2D eigenvalue weighted by Gasteiger charge is -2.49. The Bertz CT molecular complexity index is 743. The van der Waals surface area contributed by atoms with Crippen LogP contribution in [0.25, 0.3) is 4.91 Å². The summed E-state index contributed by atoms with van der Waals surface area (Å²) >= 11 is 4.25. The molecule has 0 bridgehead atoms. The Morgan fingerprint density at radius 1 is 1.00 bits per heavy atom. The SMILES string of the molecule is NCCS[C@@]12CCCC[C@@H]1[C@@H](c1ccccc1)C=C(c1ccccc1)S2. The van der Waals surface area contributed by atoms with Gasteiger partial charge in [0.05, 0.1) is 4.08 Å². The van der Waals surface area contributed by atoms with Gasteiger partial charge in [-0.3, -0.25) is 0 Å². The first-order valence-corrected chi connectivity index (χ1v) is 11.5. The smallest absolute Gasteiger partial charge is 0.0695 e. The van der Waals surface area contributed by atoms with Gasteiger partial charge in [0.1, 0.15) is 0 Å². The fourth-order valence-electron chi connectivity index (χ4n) is 4.42. The molecule has 2 N–H and O–H groups in total. The van der Waals surface area contributed by atoms with Gasteiger partial charge in [0.15, 0.2) is 0 Å². The minimum absolute atomic E-state index is 0.262. The average molecular weight is 382 g/mol. The summed E-state index contributed by atoms with van der Waals surface area (Å²) in [5.74, 6) is 2.23. The van der Waals surface area contributed by atoms with Crippen molar-refractivity contribution in [2.45, 2.75) is 35.7 Å². The summed E-state index contributed by atoms with van der Waals surface area (Å²) in [4.78, 5) is 1.45. The maximum atomic E-state index is 5.91. The molecular formula is C23H27NS2. The van der Waals surface area contributed by atoms with Crippen molar-refractivity contribution in [1.82, 2.24) is 0 Å². The van der Waals surface area contributed by atoms with E-state index in [1.807, 2.05) is 0 Å². The van der Waals surface area contributed by atoms with Crippen molar-refractivity contribution < 1.29 is 0 Å². The molecule has 0 aromatic heterocycles. The van der Waals surface area contributed by atoms with Crippen molar-refractivity contribution in [2.75, 3.05) is 12.3 Å². The molecule has 3 atom stereocenters. The van der Waals surface area contributed by atoms with E-state index >= 15 is 0 Å². The summed E-state index contributed by atoms with van der Waals surface area (Å²) in [5.41, 5.74) is 8.73. The third kappa shape index (κ3) is 3.62. The first kappa shape index (κ1) is 18.2. The highest BCUT2D eigenvalue weighted by atomic mass is 32.2. The fraction of sp³-hybridized carbons (Fsp3) is 0.391. The second-order valence-corrected chi connectivity index (χ2v) is 10.3. The Hall–Kier alpha value is -1.16. The van der Waals surface area contributed by atoms with Crippen LogP contribution in [0.3, 0.4) is 0 Å². The lowest BCUT2D eigenvalue weighted by Crippen LogP contribution is -2.40. The third-order valence-electron chi connectivity index (χ3n) is 5.61. The van der Waals surface area contributed by atoms with Crippen LogP contribution in [0.1, 0.15) is 42.7 Å². The Morgan fingerprint density at radius 2 is 1.73 bits per heavy atom. The lowest BCUT2D eigenvalue weighted by atomic mass is 9.75. The molecule has 2 aliphatic rings. The first-order chi connectivity index (χ1) is 12.8. The minimum atomic E-state index is 0.262. The Kier molecular flexibility index (Phi) is 5.78. The molecule has 1 heterocycles. The summed E-state index contributed by atoms with van der Waals surface area (Å²) in [5, 5.41) is 0. The monoisotopic (exact) mass is 381 g/mol. The van der Waals surface area contributed by atoms with E-state index in [0.29, 0.717) is 11.8 Å². The van der Waals surface area contributed by atoms with E-state index in [1.54, 1.807) is 0 Å². The molecule has 2 aromatic rings. The molecule has 1 aliphatic heterocycles. The highest BCUT2D eigenvalue weighted by Gasteiger charge is 2.48. The zero-order chi connectivity index (χ0) is 17.8. The van der Waals surface area contributed by atoms with E-state index in [2.05, 4.69) is 90.3 Å². The number of hydrogen-bond donors (Lipinski definition) is 1. The zero-order valence-corrected chi connectivity index (χ0v) is 16.8. The van der Waals surface area contributed by atoms with Gasteiger partial charge in [0.25, 0.3) is 0 Å². The van der Waals surface area contributed by atoms with Gasteiger partial charge in [-0.25, -0.2) is 0 Å². The van der Waals surface area contributed by atoms with Crippen LogP contribution >= 0.6 is 23.5 Å². The number of allylic oxidation sites excluding steroid dienone is 1. The minimum Gasteiger partial charge on any atom is -0.330 e. The first-order valence-electron chi connectivity index (χ1n) is 9.68. The standard InChI is InChI=1S/C23H27NS2/c24-15-16-25-23-14-8-7-13-21(23)20(18-9-3-1-4-10-18)17-22(26-23)19-11-5-2-6-12-19/h1-6,9-12,17,20-21H,7-8,13-16,24H2/t20-,21-,23-/m1/s1. The van der Waals surface area contributed by atoms with Gasteiger partial charge in [-0.15, -0.1) is 23.5 Å². The molecule has 26 heavy (non-hydrogen) atoms. The Labute approximate surface area is 165 Å². The van der Waals surface area contributed by atoms with E-state index in [9.17, 15) is 0 Å². The van der Waals surface area contributed by atoms with Gasteiger partial charge < -0.3 is 5.73 Å². The molecule has 4 rings (SSSR count). The quantitative estimate of drug-likeness (QED) is 0.674. The third-order valence-corrected chi connectivity index (χ3v) is 9.09. The van der Waals surface area contributed by atoms with Crippen LogP contribution in [0.5, 0.6) is 0 Å². The summed E-state index contributed by atoms with van der Waals surface area (Å²) in [7, 11) is 0. The second kappa shape index (κ2) is 8.24. The number of thioether (sulfide) groups is 2. The normalized spacial score (nSPS) is 28.3. The number of benzene rings is 2. The van der Waals surface area contributed by atoms with Gasteiger partial charge in [-0.05, 0) is 29.9 Å². The predicted molar refractivity (Wildman–Crippen MR) is 117 cm³/mol. The number of fused-ring (bicyclic) bond motifs is 1. The lowest BCUT2D eigenvalue weighted by molar-refractivity contribution is 0.320. The highest BCUT2D eigenvalue weighted by molar-refractivity contribution is 8.22. The van der Waals surface area contributed by atoms with Gasteiger partial charge in [-0.2, -0.15) is 0 Å². The molecule has 0 spiro atoms. The molecule has 136 valence electrons. The molecule has 0 radical (unpaired) electrons. The molecule has 0 saturated heterocycles. The van der Waals surface area contributed by atoms with E-state index in [1.165, 1.54) is 41.7 Å². The Morgan fingerprint density at radius 3 is 2.46 bits per heavy atom. The van der Waals surface area contributed by atoms with Crippen LogP contribution < -0.4 is 5.73 Å². The maximum Gasteiger partial charge on any atom is 0.0695 e. The highest BCUT2D eigenvalue weighted by Crippen LogP contribution is 2.63. The maximum absolute atomic E-state index is 5.91. The summed E-state index contributed by atoms with van der Waals surface area (Å²) in [6, 6.07) is 22.0. The van der Waals surface area contributed by atoms with Crippen LogP contribution in [-0.2, 0) is 0 Å². The molecule has 1 fully saturated rings. The van der Waals surface area contributed by atoms with Crippen LogP contribution in [0.2, 0.25) is 0 Å². The molecule has 1 nitrogen and oxygen atoms in total. The average Bonchev–Trinajstić information content (AvgIpc) is 2.72. The predicted octanol–water partition coefficient (Wildman–Crippen LogP) is 6.14. The molecule has 2 aromatic carbocycles. The zero-order valence-electron chi connectivity index (χ0n) is 15.1. The van der Waals surface area contributed by atoms with Crippen molar-refractivity contribution in [3.8, 4) is 0 Å². The molecule has 1 saturated carbocycles. The summed E-state index contributed by atoms with van der Waals surface area (Å²) in [6.07, 6.45) is 7.86. The fourth-order valence-corrected chi connectivity index (χ4v) is 7.91. The van der Waals surface area contributed by atoms with Crippen LogP contribution in [0.4, 0.5) is 0 Å².